The lowest BCUT2D eigenvalue weighted by Gasteiger charge is -2.27. The van der Waals surface area contributed by atoms with Crippen LogP contribution in [0.2, 0.25) is 0 Å². The maximum absolute atomic E-state index is 11.9. The van der Waals surface area contributed by atoms with Gasteiger partial charge in [-0.15, -0.1) is 0 Å². The topological polar surface area (TPSA) is 70.0 Å². The molecule has 1 amide bonds. The highest BCUT2D eigenvalue weighted by Gasteiger charge is 2.37. The van der Waals surface area contributed by atoms with Crippen LogP contribution in [-0.4, -0.2) is 52.6 Å². The maximum Gasteiger partial charge on any atom is 0.252 e. The number of hydrogen-bond acceptors (Lipinski definition) is 4. The Kier molecular flexibility index (Phi) is 3.23. The Morgan fingerprint density at radius 2 is 2.13 bits per heavy atom. The van der Waals surface area contributed by atoms with Crippen LogP contribution in [-0.2, 0) is 9.53 Å². The van der Waals surface area contributed by atoms with Crippen molar-refractivity contribution in [3.63, 3.8) is 0 Å². The fourth-order valence-electron chi connectivity index (χ4n) is 2.33. The number of hydrogen-bond donors (Lipinski definition) is 2. The SMILES string of the molecule is O=C(C1CCCO1)N1CCCC1C(O)O. The van der Waals surface area contributed by atoms with Crippen molar-refractivity contribution < 1.29 is 19.7 Å². The second kappa shape index (κ2) is 4.47. The summed E-state index contributed by atoms with van der Waals surface area (Å²) in [6.45, 7) is 1.25. The van der Waals surface area contributed by atoms with Gasteiger partial charge in [-0.2, -0.15) is 0 Å². The molecule has 2 N–H and O–H groups in total. The first-order valence-electron chi connectivity index (χ1n) is 5.48. The monoisotopic (exact) mass is 215 g/mol. The molecule has 2 aliphatic heterocycles. The molecule has 2 atom stereocenters. The first-order valence-corrected chi connectivity index (χ1v) is 5.48. The molecule has 2 aliphatic rings. The molecule has 0 aliphatic carbocycles. The molecule has 2 saturated heterocycles. The van der Waals surface area contributed by atoms with Crippen LogP contribution in [0.3, 0.4) is 0 Å². The summed E-state index contributed by atoms with van der Waals surface area (Å²) in [4.78, 5) is 13.5. The van der Waals surface area contributed by atoms with Crippen LogP contribution in [0.15, 0.2) is 0 Å². The van der Waals surface area contributed by atoms with Gasteiger partial charge in [0.1, 0.15) is 6.10 Å². The zero-order chi connectivity index (χ0) is 10.8. The lowest BCUT2D eigenvalue weighted by molar-refractivity contribution is -0.152. The molecule has 0 bridgehead atoms. The first-order chi connectivity index (χ1) is 7.20. The summed E-state index contributed by atoms with van der Waals surface area (Å²) in [7, 11) is 0. The molecule has 0 radical (unpaired) electrons. The van der Waals surface area contributed by atoms with E-state index in [4.69, 9.17) is 14.9 Å². The minimum Gasteiger partial charge on any atom is -0.368 e. The van der Waals surface area contributed by atoms with E-state index in [2.05, 4.69) is 0 Å². The minimum atomic E-state index is -1.43. The van der Waals surface area contributed by atoms with Gasteiger partial charge in [-0.25, -0.2) is 0 Å². The zero-order valence-corrected chi connectivity index (χ0v) is 8.63. The van der Waals surface area contributed by atoms with Crippen molar-refractivity contribution in [2.24, 2.45) is 0 Å². The second-order valence-electron chi connectivity index (χ2n) is 4.16. The Bertz CT molecular complexity index is 238. The average molecular weight is 215 g/mol. The summed E-state index contributed by atoms with van der Waals surface area (Å²) in [5.74, 6) is -0.0805. The highest BCUT2D eigenvalue weighted by molar-refractivity contribution is 5.81. The molecule has 2 fully saturated rings. The van der Waals surface area contributed by atoms with Crippen LogP contribution < -0.4 is 0 Å². The van der Waals surface area contributed by atoms with Gasteiger partial charge in [-0.05, 0) is 25.7 Å². The van der Waals surface area contributed by atoms with E-state index >= 15 is 0 Å². The molecular formula is C10H17NO4. The second-order valence-corrected chi connectivity index (χ2v) is 4.16. The number of aliphatic hydroxyl groups is 2. The predicted octanol–water partition coefficient (Wildman–Crippen LogP) is -0.533. The van der Waals surface area contributed by atoms with Gasteiger partial charge in [-0.1, -0.05) is 0 Å². The summed E-state index contributed by atoms with van der Waals surface area (Å²) in [5, 5.41) is 18.3. The molecular weight excluding hydrogens is 198 g/mol. The fraction of sp³-hybridized carbons (Fsp3) is 0.900. The molecule has 0 aromatic heterocycles. The van der Waals surface area contributed by atoms with Gasteiger partial charge in [0.15, 0.2) is 6.29 Å². The predicted molar refractivity (Wildman–Crippen MR) is 51.9 cm³/mol. The molecule has 2 unspecified atom stereocenters. The number of aliphatic hydroxyl groups excluding tert-OH is 1. The van der Waals surface area contributed by atoms with E-state index in [-0.39, 0.29) is 12.0 Å². The van der Waals surface area contributed by atoms with E-state index in [0.29, 0.717) is 19.6 Å². The van der Waals surface area contributed by atoms with Gasteiger partial charge in [0.05, 0.1) is 6.04 Å². The molecule has 0 aromatic rings. The molecule has 15 heavy (non-hydrogen) atoms. The van der Waals surface area contributed by atoms with Crippen molar-refractivity contribution in [2.45, 2.75) is 44.1 Å². The van der Waals surface area contributed by atoms with E-state index in [1.807, 2.05) is 0 Å². The molecule has 0 spiro atoms. The summed E-state index contributed by atoms with van der Waals surface area (Å²) < 4.78 is 5.30. The van der Waals surface area contributed by atoms with E-state index < -0.39 is 12.3 Å². The van der Waals surface area contributed by atoms with Gasteiger partial charge < -0.3 is 19.8 Å². The van der Waals surface area contributed by atoms with Gasteiger partial charge in [-0.3, -0.25) is 4.79 Å². The normalized spacial score (nSPS) is 31.5. The van der Waals surface area contributed by atoms with Crippen molar-refractivity contribution in [3.05, 3.63) is 0 Å². The Balaban J connectivity index is 1.99. The van der Waals surface area contributed by atoms with Crippen LogP contribution in [0.25, 0.3) is 0 Å². The highest BCUT2D eigenvalue weighted by Crippen LogP contribution is 2.23. The summed E-state index contributed by atoms with van der Waals surface area (Å²) in [6.07, 6.45) is 1.37. The fourth-order valence-corrected chi connectivity index (χ4v) is 2.33. The first kappa shape index (κ1) is 10.9. The Hall–Kier alpha value is -0.650. The quantitative estimate of drug-likeness (QED) is 0.607. The van der Waals surface area contributed by atoms with Gasteiger partial charge in [0.2, 0.25) is 0 Å². The standard InChI is InChI=1S/C10H17NO4/c12-9(8-4-2-6-15-8)11-5-1-3-7(11)10(13)14/h7-8,10,13-14H,1-6H2. The summed E-state index contributed by atoms with van der Waals surface area (Å²) >= 11 is 0. The van der Waals surface area contributed by atoms with Crippen molar-refractivity contribution in [3.8, 4) is 0 Å². The van der Waals surface area contributed by atoms with Crippen molar-refractivity contribution in [2.75, 3.05) is 13.2 Å². The summed E-state index contributed by atoms with van der Waals surface area (Å²) in [5.41, 5.74) is 0. The number of nitrogens with zero attached hydrogens (tertiary/aromatic N) is 1. The Morgan fingerprint density at radius 3 is 2.73 bits per heavy atom. The van der Waals surface area contributed by atoms with Crippen LogP contribution in [0.1, 0.15) is 25.7 Å². The third-order valence-corrected chi connectivity index (χ3v) is 3.13. The van der Waals surface area contributed by atoms with Crippen LogP contribution in [0, 0.1) is 0 Å². The van der Waals surface area contributed by atoms with Crippen molar-refractivity contribution >= 4 is 5.91 Å². The molecule has 5 heteroatoms. The molecule has 86 valence electrons. The zero-order valence-electron chi connectivity index (χ0n) is 8.63. The van der Waals surface area contributed by atoms with Crippen LogP contribution in [0.5, 0.6) is 0 Å². The molecule has 5 nitrogen and oxygen atoms in total. The molecule has 0 aromatic carbocycles. The molecule has 2 heterocycles. The Morgan fingerprint density at radius 1 is 1.33 bits per heavy atom. The summed E-state index contributed by atoms with van der Waals surface area (Å²) in [6, 6.07) is -0.443. The molecule has 2 rings (SSSR count). The number of rotatable bonds is 2. The molecule has 0 saturated carbocycles. The van der Waals surface area contributed by atoms with Crippen LogP contribution >= 0.6 is 0 Å². The van der Waals surface area contributed by atoms with E-state index in [1.54, 1.807) is 4.90 Å². The third kappa shape index (κ3) is 2.14. The average Bonchev–Trinajstić information content (AvgIpc) is 2.88. The maximum atomic E-state index is 11.9. The van der Waals surface area contributed by atoms with E-state index in [9.17, 15) is 4.79 Å². The number of likely N-dealkylation sites (tertiary alicyclic amines) is 1. The Labute approximate surface area is 88.6 Å². The highest BCUT2D eigenvalue weighted by atomic mass is 16.5. The number of amides is 1. The van der Waals surface area contributed by atoms with Crippen LogP contribution in [0.4, 0.5) is 0 Å². The largest absolute Gasteiger partial charge is 0.368 e. The number of ether oxygens (including phenoxy) is 1. The van der Waals surface area contributed by atoms with Crippen molar-refractivity contribution in [1.29, 1.82) is 0 Å². The number of carbonyl (C=O) groups is 1. The lowest BCUT2D eigenvalue weighted by Crippen LogP contribution is -2.46. The lowest BCUT2D eigenvalue weighted by atomic mass is 10.2. The van der Waals surface area contributed by atoms with Gasteiger partial charge >= 0.3 is 0 Å². The van der Waals surface area contributed by atoms with Crippen molar-refractivity contribution in [1.82, 2.24) is 4.90 Å². The third-order valence-electron chi connectivity index (χ3n) is 3.13. The van der Waals surface area contributed by atoms with E-state index in [1.165, 1.54) is 0 Å². The van der Waals surface area contributed by atoms with E-state index in [0.717, 1.165) is 19.3 Å². The van der Waals surface area contributed by atoms with Gasteiger partial charge in [0.25, 0.3) is 5.91 Å². The smallest absolute Gasteiger partial charge is 0.252 e. The number of carbonyl (C=O) groups excluding carboxylic acids is 1. The van der Waals surface area contributed by atoms with Gasteiger partial charge in [0, 0.05) is 13.2 Å². The minimum absolute atomic E-state index is 0.0805.